The van der Waals surface area contributed by atoms with E-state index in [1.807, 2.05) is 0 Å². The number of aromatic amines is 1. The van der Waals surface area contributed by atoms with E-state index in [0.29, 0.717) is 23.5 Å². The first-order valence-corrected chi connectivity index (χ1v) is 6.38. The van der Waals surface area contributed by atoms with E-state index in [-0.39, 0.29) is 0 Å². The first-order valence-electron chi connectivity index (χ1n) is 6.38. The highest BCUT2D eigenvalue weighted by Crippen LogP contribution is 2.29. The van der Waals surface area contributed by atoms with Gasteiger partial charge in [-0.25, -0.2) is 0 Å². The lowest BCUT2D eigenvalue weighted by Crippen LogP contribution is -2.05. The van der Waals surface area contributed by atoms with Crippen molar-refractivity contribution in [1.29, 1.82) is 0 Å². The summed E-state index contributed by atoms with van der Waals surface area (Å²) in [6.07, 6.45) is -2.34. The molecule has 1 aromatic carbocycles. The van der Waals surface area contributed by atoms with Crippen molar-refractivity contribution < 1.29 is 13.2 Å². The van der Waals surface area contributed by atoms with E-state index in [0.717, 1.165) is 17.7 Å². The summed E-state index contributed by atoms with van der Waals surface area (Å²) in [6, 6.07) is 8.53. The topological polar surface area (TPSA) is 67.3 Å². The lowest BCUT2D eigenvalue weighted by molar-refractivity contribution is -0.137. The van der Waals surface area contributed by atoms with Gasteiger partial charge in [0.25, 0.3) is 0 Å². The van der Waals surface area contributed by atoms with Crippen LogP contribution >= 0.6 is 0 Å². The van der Waals surface area contributed by atoms with Gasteiger partial charge in [0.15, 0.2) is 0 Å². The molecule has 0 bridgehead atoms. The highest BCUT2D eigenvalue weighted by molar-refractivity contribution is 5.57. The number of benzene rings is 1. The van der Waals surface area contributed by atoms with Crippen LogP contribution in [0.2, 0.25) is 0 Å². The number of pyridine rings is 1. The second kappa shape index (κ2) is 5.55. The largest absolute Gasteiger partial charge is 0.416 e. The number of nitrogens with zero attached hydrogens (tertiary/aromatic N) is 4. The third kappa shape index (κ3) is 2.95. The normalized spacial score (nSPS) is 11.6. The van der Waals surface area contributed by atoms with E-state index in [4.69, 9.17) is 0 Å². The second-order valence-electron chi connectivity index (χ2n) is 4.60. The molecule has 1 N–H and O–H groups in total. The fourth-order valence-corrected chi connectivity index (χ4v) is 2.06. The summed E-state index contributed by atoms with van der Waals surface area (Å²) in [5, 5.41) is 13.7. The molecule has 2 aromatic heterocycles. The molecule has 0 aliphatic rings. The van der Waals surface area contributed by atoms with Crippen LogP contribution in [-0.4, -0.2) is 25.6 Å². The molecule has 112 valence electrons. The van der Waals surface area contributed by atoms with Gasteiger partial charge >= 0.3 is 6.18 Å². The summed E-state index contributed by atoms with van der Waals surface area (Å²) < 4.78 is 37.7. The van der Waals surface area contributed by atoms with Crippen LogP contribution in [0.1, 0.15) is 16.8 Å². The second-order valence-corrected chi connectivity index (χ2v) is 4.60. The van der Waals surface area contributed by atoms with Crippen LogP contribution in [0.5, 0.6) is 0 Å². The highest BCUT2D eigenvalue weighted by atomic mass is 19.4. The number of tetrazole rings is 1. The lowest BCUT2D eigenvalue weighted by Gasteiger charge is -2.08. The molecular weight excluding hydrogens is 295 g/mol. The van der Waals surface area contributed by atoms with Gasteiger partial charge in [0, 0.05) is 18.2 Å². The quantitative estimate of drug-likeness (QED) is 0.808. The average molecular weight is 305 g/mol. The van der Waals surface area contributed by atoms with Gasteiger partial charge in [-0.15, -0.1) is 10.2 Å². The first kappa shape index (κ1) is 14.2. The van der Waals surface area contributed by atoms with Gasteiger partial charge in [-0.1, -0.05) is 12.1 Å². The zero-order valence-corrected chi connectivity index (χ0v) is 11.2. The van der Waals surface area contributed by atoms with Crippen LogP contribution in [0.4, 0.5) is 13.2 Å². The van der Waals surface area contributed by atoms with Crippen molar-refractivity contribution >= 4 is 0 Å². The molecule has 0 atom stereocenters. The van der Waals surface area contributed by atoms with Gasteiger partial charge in [0.2, 0.25) is 5.82 Å². The molecule has 0 fully saturated rings. The van der Waals surface area contributed by atoms with Gasteiger partial charge in [0.05, 0.1) is 11.3 Å². The summed E-state index contributed by atoms with van der Waals surface area (Å²) >= 11 is 0. The predicted octanol–water partition coefficient (Wildman–Crippen LogP) is 2.87. The third-order valence-corrected chi connectivity index (χ3v) is 3.13. The van der Waals surface area contributed by atoms with Crippen molar-refractivity contribution in [2.24, 2.45) is 0 Å². The predicted molar refractivity (Wildman–Crippen MR) is 71.7 cm³/mol. The maximum atomic E-state index is 12.6. The number of hydrogen-bond acceptors (Lipinski definition) is 4. The molecule has 8 heteroatoms. The number of nitrogens with one attached hydrogen (secondary N) is 1. The third-order valence-electron chi connectivity index (χ3n) is 3.13. The maximum absolute atomic E-state index is 12.6. The first-order chi connectivity index (χ1) is 10.5. The van der Waals surface area contributed by atoms with Crippen molar-refractivity contribution in [3.05, 3.63) is 59.4 Å². The van der Waals surface area contributed by atoms with Crippen molar-refractivity contribution in [2.45, 2.75) is 12.6 Å². The van der Waals surface area contributed by atoms with E-state index in [1.54, 1.807) is 18.3 Å². The highest BCUT2D eigenvalue weighted by Gasteiger charge is 2.29. The summed E-state index contributed by atoms with van der Waals surface area (Å²) in [4.78, 5) is 4.26. The Labute approximate surface area is 123 Å². The Hall–Kier alpha value is -2.77. The molecule has 0 amide bonds. The van der Waals surface area contributed by atoms with Crippen LogP contribution < -0.4 is 0 Å². The SMILES string of the molecule is FC(F)(F)c1ccc(Cc2ncccc2-c2nn[nH]n2)cc1. The Balaban J connectivity index is 1.88. The van der Waals surface area contributed by atoms with Gasteiger partial charge < -0.3 is 0 Å². The molecule has 3 rings (SSSR count). The Morgan fingerprint density at radius 3 is 2.45 bits per heavy atom. The smallest absolute Gasteiger partial charge is 0.260 e. The summed E-state index contributed by atoms with van der Waals surface area (Å²) in [5.74, 6) is 0.398. The number of H-pyrrole nitrogens is 1. The summed E-state index contributed by atoms with van der Waals surface area (Å²) in [5.41, 5.74) is 1.41. The lowest BCUT2D eigenvalue weighted by atomic mass is 10.0. The molecular formula is C14H10F3N5. The number of halogens is 3. The molecule has 0 aliphatic carbocycles. The van der Waals surface area contributed by atoms with Gasteiger partial charge in [-0.2, -0.15) is 18.4 Å². The molecule has 0 unspecified atom stereocenters. The van der Waals surface area contributed by atoms with E-state index in [9.17, 15) is 13.2 Å². The molecule has 22 heavy (non-hydrogen) atoms. The van der Waals surface area contributed by atoms with Crippen LogP contribution in [-0.2, 0) is 12.6 Å². The number of hydrogen-bond donors (Lipinski definition) is 1. The minimum absolute atomic E-state index is 0.378. The van der Waals surface area contributed by atoms with E-state index < -0.39 is 11.7 Å². The standard InChI is InChI=1S/C14H10F3N5/c15-14(16,17)10-5-3-9(4-6-10)8-12-11(2-1-7-18-12)13-19-21-22-20-13/h1-7H,8H2,(H,19,20,21,22). The molecule has 0 saturated heterocycles. The van der Waals surface area contributed by atoms with Crippen LogP contribution in [0, 0.1) is 0 Å². The van der Waals surface area contributed by atoms with Crippen molar-refractivity contribution in [2.75, 3.05) is 0 Å². The van der Waals surface area contributed by atoms with Gasteiger partial charge in [-0.05, 0) is 35.0 Å². The van der Waals surface area contributed by atoms with Crippen LogP contribution in [0.3, 0.4) is 0 Å². The van der Waals surface area contributed by atoms with Crippen molar-refractivity contribution in [1.82, 2.24) is 25.6 Å². The summed E-state index contributed by atoms with van der Waals surface area (Å²) in [6.45, 7) is 0. The summed E-state index contributed by atoms with van der Waals surface area (Å²) in [7, 11) is 0. The molecule has 0 spiro atoms. The monoisotopic (exact) mass is 305 g/mol. The molecule has 2 heterocycles. The molecule has 0 radical (unpaired) electrons. The Bertz CT molecular complexity index is 751. The zero-order chi connectivity index (χ0) is 15.6. The zero-order valence-electron chi connectivity index (χ0n) is 11.2. The van der Waals surface area contributed by atoms with E-state index in [1.165, 1.54) is 12.1 Å². The van der Waals surface area contributed by atoms with Crippen molar-refractivity contribution in [3.8, 4) is 11.4 Å². The van der Waals surface area contributed by atoms with Gasteiger partial charge in [-0.3, -0.25) is 4.98 Å². The average Bonchev–Trinajstić information content (AvgIpc) is 3.01. The van der Waals surface area contributed by atoms with E-state index >= 15 is 0 Å². The van der Waals surface area contributed by atoms with Crippen LogP contribution in [0.25, 0.3) is 11.4 Å². The fourth-order valence-electron chi connectivity index (χ4n) is 2.06. The Morgan fingerprint density at radius 1 is 1.05 bits per heavy atom. The van der Waals surface area contributed by atoms with Crippen molar-refractivity contribution in [3.63, 3.8) is 0 Å². The van der Waals surface area contributed by atoms with Crippen LogP contribution in [0.15, 0.2) is 42.6 Å². The Kier molecular flexibility index (Phi) is 3.58. The molecule has 3 aromatic rings. The Morgan fingerprint density at radius 2 is 1.82 bits per heavy atom. The van der Waals surface area contributed by atoms with E-state index in [2.05, 4.69) is 25.6 Å². The number of aromatic nitrogens is 5. The van der Waals surface area contributed by atoms with Gasteiger partial charge in [0.1, 0.15) is 0 Å². The molecule has 5 nitrogen and oxygen atoms in total. The number of rotatable bonds is 3. The minimum Gasteiger partial charge on any atom is -0.260 e. The minimum atomic E-state index is -4.33. The maximum Gasteiger partial charge on any atom is 0.416 e. The fraction of sp³-hybridized carbons (Fsp3) is 0.143. The number of alkyl halides is 3. The molecule has 0 aliphatic heterocycles. The molecule has 0 saturated carbocycles.